The first kappa shape index (κ1) is 24.4. The largest absolute Gasteiger partial charge is 0.444 e. The second-order valence-electron chi connectivity index (χ2n) is 6.79. The number of oxazole rings is 1. The highest BCUT2D eigenvalue weighted by molar-refractivity contribution is 14.0. The Bertz CT molecular complexity index is 699. The molecule has 0 spiro atoms. The van der Waals surface area contributed by atoms with Gasteiger partial charge in [0.25, 0.3) is 0 Å². The molecule has 28 heavy (non-hydrogen) atoms. The number of hydrogen-bond acceptors (Lipinski definition) is 4. The number of aliphatic imine (C=N–C) groups is 1. The Morgan fingerprint density at radius 2 is 1.89 bits per heavy atom. The molecule has 156 valence electrons. The van der Waals surface area contributed by atoms with Gasteiger partial charge in [-0.15, -0.1) is 24.0 Å². The first-order valence-corrected chi connectivity index (χ1v) is 9.84. The molecule has 0 fully saturated rings. The van der Waals surface area contributed by atoms with Crippen LogP contribution in [0.15, 0.2) is 39.9 Å². The summed E-state index contributed by atoms with van der Waals surface area (Å²) in [5, 5.41) is 6.66. The third kappa shape index (κ3) is 8.60. The average molecular weight is 499 g/mol. The molecule has 1 aromatic carbocycles. The van der Waals surface area contributed by atoms with Gasteiger partial charge in [-0.1, -0.05) is 31.0 Å². The minimum Gasteiger partial charge on any atom is -0.444 e. The summed E-state index contributed by atoms with van der Waals surface area (Å²) in [5.74, 6) is 1.44. The Morgan fingerprint density at radius 3 is 2.57 bits per heavy atom. The molecule has 0 atom stereocenters. The van der Waals surface area contributed by atoms with Crippen molar-refractivity contribution in [3.8, 4) is 11.5 Å². The number of rotatable bonds is 10. The smallest absolute Gasteiger partial charge is 0.226 e. The van der Waals surface area contributed by atoms with Crippen LogP contribution in [0.5, 0.6) is 0 Å². The van der Waals surface area contributed by atoms with Crippen LogP contribution in [-0.2, 0) is 6.54 Å². The van der Waals surface area contributed by atoms with Crippen LogP contribution in [0.1, 0.15) is 37.9 Å². The van der Waals surface area contributed by atoms with Gasteiger partial charge in [-0.25, -0.2) is 9.98 Å². The van der Waals surface area contributed by atoms with Gasteiger partial charge in [0.05, 0.1) is 6.54 Å². The van der Waals surface area contributed by atoms with Crippen LogP contribution in [0.3, 0.4) is 0 Å². The van der Waals surface area contributed by atoms with Gasteiger partial charge in [-0.3, -0.25) is 0 Å². The average Bonchev–Trinajstić information content (AvgIpc) is 3.14. The Labute approximate surface area is 186 Å². The highest BCUT2D eigenvalue weighted by Gasteiger charge is 2.07. The first-order chi connectivity index (χ1) is 13.1. The monoisotopic (exact) mass is 499 g/mol. The van der Waals surface area contributed by atoms with Crippen molar-refractivity contribution >= 4 is 29.9 Å². The van der Waals surface area contributed by atoms with Gasteiger partial charge < -0.3 is 20.0 Å². The SMILES string of the molecule is CCCCN(C)CCNC(=NCc1coc(-c2ccc(C)cc2)n1)NCC.I. The number of benzene rings is 1. The Kier molecular flexibility index (Phi) is 11.8. The summed E-state index contributed by atoms with van der Waals surface area (Å²) in [6.07, 6.45) is 4.14. The lowest BCUT2D eigenvalue weighted by Crippen LogP contribution is -2.41. The number of unbranched alkanes of at least 4 members (excludes halogenated alkanes) is 1. The molecule has 0 radical (unpaired) electrons. The number of guanidine groups is 1. The van der Waals surface area contributed by atoms with Crippen molar-refractivity contribution in [3.05, 3.63) is 41.8 Å². The van der Waals surface area contributed by atoms with Gasteiger partial charge in [-0.2, -0.15) is 0 Å². The number of nitrogens with one attached hydrogen (secondary N) is 2. The van der Waals surface area contributed by atoms with E-state index >= 15 is 0 Å². The Balaban J connectivity index is 0.00000392. The number of aromatic nitrogens is 1. The van der Waals surface area contributed by atoms with Crippen LogP contribution in [0.25, 0.3) is 11.5 Å². The third-order valence-electron chi connectivity index (χ3n) is 4.27. The lowest BCUT2D eigenvalue weighted by atomic mass is 10.1. The molecule has 2 aromatic rings. The molecule has 1 aromatic heterocycles. The summed E-state index contributed by atoms with van der Waals surface area (Å²) in [6, 6.07) is 8.16. The van der Waals surface area contributed by atoms with Gasteiger partial charge >= 0.3 is 0 Å². The molecule has 0 saturated heterocycles. The number of hydrogen-bond donors (Lipinski definition) is 2. The van der Waals surface area contributed by atoms with E-state index in [0.29, 0.717) is 12.4 Å². The number of halogens is 1. The van der Waals surface area contributed by atoms with Crippen molar-refractivity contribution in [2.75, 3.05) is 33.2 Å². The number of likely N-dealkylation sites (N-methyl/N-ethyl adjacent to an activating group) is 1. The molecule has 0 saturated carbocycles. The van der Waals surface area contributed by atoms with E-state index in [1.807, 2.05) is 12.1 Å². The molecule has 0 aliphatic heterocycles. The van der Waals surface area contributed by atoms with Gasteiger partial charge in [-0.05, 0) is 46.0 Å². The van der Waals surface area contributed by atoms with E-state index in [-0.39, 0.29) is 24.0 Å². The van der Waals surface area contributed by atoms with Crippen molar-refractivity contribution in [2.45, 2.75) is 40.2 Å². The minimum atomic E-state index is 0. The maximum Gasteiger partial charge on any atom is 0.226 e. The number of nitrogens with zero attached hydrogens (tertiary/aromatic N) is 3. The van der Waals surface area contributed by atoms with Crippen molar-refractivity contribution in [3.63, 3.8) is 0 Å². The number of aryl methyl sites for hydroxylation is 1. The summed E-state index contributed by atoms with van der Waals surface area (Å²) < 4.78 is 5.61. The molecular weight excluding hydrogens is 465 g/mol. The van der Waals surface area contributed by atoms with E-state index in [4.69, 9.17) is 4.42 Å². The molecule has 0 aliphatic carbocycles. The normalized spacial score (nSPS) is 11.4. The summed E-state index contributed by atoms with van der Waals surface area (Å²) >= 11 is 0. The summed E-state index contributed by atoms with van der Waals surface area (Å²) in [6.45, 7) is 10.6. The zero-order valence-electron chi connectivity index (χ0n) is 17.5. The molecule has 2 N–H and O–H groups in total. The standard InChI is InChI=1S/C21H33N5O.HI/c1-5-7-13-26(4)14-12-23-21(22-6-2)24-15-19-16-27-20(25-19)18-10-8-17(3)9-11-18;/h8-11,16H,5-7,12-15H2,1-4H3,(H2,22,23,24);1H. The summed E-state index contributed by atoms with van der Waals surface area (Å²) in [5.41, 5.74) is 3.02. The van der Waals surface area contributed by atoms with Gasteiger partial charge in [0.15, 0.2) is 5.96 Å². The Hall–Kier alpha value is -1.61. The van der Waals surface area contributed by atoms with E-state index in [9.17, 15) is 0 Å². The molecule has 6 nitrogen and oxygen atoms in total. The maximum atomic E-state index is 5.61. The van der Waals surface area contributed by atoms with Gasteiger partial charge in [0, 0.05) is 25.2 Å². The molecule has 0 aliphatic rings. The Morgan fingerprint density at radius 1 is 1.14 bits per heavy atom. The summed E-state index contributed by atoms with van der Waals surface area (Å²) in [7, 11) is 2.16. The molecular formula is C21H34IN5O. The lowest BCUT2D eigenvalue weighted by molar-refractivity contribution is 0.332. The van der Waals surface area contributed by atoms with Crippen molar-refractivity contribution < 1.29 is 4.42 Å². The third-order valence-corrected chi connectivity index (χ3v) is 4.27. The first-order valence-electron chi connectivity index (χ1n) is 9.84. The second kappa shape index (κ2) is 13.5. The molecule has 0 unspecified atom stereocenters. The van der Waals surface area contributed by atoms with Crippen molar-refractivity contribution in [1.29, 1.82) is 0 Å². The molecule has 0 bridgehead atoms. The maximum absolute atomic E-state index is 5.61. The van der Waals surface area contributed by atoms with Crippen LogP contribution >= 0.6 is 24.0 Å². The summed E-state index contributed by atoms with van der Waals surface area (Å²) in [4.78, 5) is 11.5. The van der Waals surface area contributed by atoms with Gasteiger partial charge in [0.2, 0.25) is 5.89 Å². The van der Waals surface area contributed by atoms with Crippen LogP contribution in [0, 0.1) is 6.92 Å². The minimum absolute atomic E-state index is 0. The lowest BCUT2D eigenvalue weighted by Gasteiger charge is -2.17. The van der Waals surface area contributed by atoms with Crippen LogP contribution in [-0.4, -0.2) is 49.1 Å². The van der Waals surface area contributed by atoms with E-state index in [1.165, 1.54) is 18.4 Å². The van der Waals surface area contributed by atoms with E-state index in [1.54, 1.807) is 6.26 Å². The van der Waals surface area contributed by atoms with Gasteiger partial charge in [0.1, 0.15) is 12.0 Å². The topological polar surface area (TPSA) is 65.7 Å². The molecule has 7 heteroatoms. The predicted molar refractivity (Wildman–Crippen MR) is 127 cm³/mol. The fraction of sp³-hybridized carbons (Fsp3) is 0.524. The van der Waals surface area contributed by atoms with Crippen LogP contribution in [0.2, 0.25) is 0 Å². The highest BCUT2D eigenvalue weighted by atomic mass is 127. The zero-order chi connectivity index (χ0) is 19.5. The van der Waals surface area contributed by atoms with Crippen molar-refractivity contribution in [1.82, 2.24) is 20.5 Å². The zero-order valence-corrected chi connectivity index (χ0v) is 19.8. The fourth-order valence-corrected chi connectivity index (χ4v) is 2.62. The predicted octanol–water partition coefficient (Wildman–Crippen LogP) is 4.06. The van der Waals surface area contributed by atoms with E-state index < -0.39 is 0 Å². The van der Waals surface area contributed by atoms with Crippen molar-refractivity contribution in [2.24, 2.45) is 4.99 Å². The van der Waals surface area contributed by atoms with E-state index in [2.05, 4.69) is 65.5 Å². The molecule has 1 heterocycles. The van der Waals surface area contributed by atoms with E-state index in [0.717, 1.165) is 43.4 Å². The molecule has 2 rings (SSSR count). The quantitative estimate of drug-likeness (QED) is 0.293. The van der Waals surface area contributed by atoms with Crippen LogP contribution in [0.4, 0.5) is 0 Å². The molecule has 0 amide bonds. The second-order valence-corrected chi connectivity index (χ2v) is 6.79. The fourth-order valence-electron chi connectivity index (χ4n) is 2.62. The highest BCUT2D eigenvalue weighted by Crippen LogP contribution is 2.19. The van der Waals surface area contributed by atoms with Crippen LogP contribution < -0.4 is 10.6 Å².